The molecule has 1 aromatic carbocycles. The standard InChI is InChI=1S/C18H19ClN2O3/c19-15-4-3-13(9-20)16(8-15)21-17(22)10-24-18(23)7-14-6-11-1-2-12(14)5-11/h3-4,8,11-12,14H,1-2,5-7,10H2,(H,21,22)/t11-,12-,14+/m0/s1. The summed E-state index contributed by atoms with van der Waals surface area (Å²) in [6, 6.07) is 6.57. The van der Waals surface area contributed by atoms with Crippen molar-refractivity contribution in [3.63, 3.8) is 0 Å². The van der Waals surface area contributed by atoms with Crippen molar-refractivity contribution < 1.29 is 14.3 Å². The number of nitrogens with zero attached hydrogens (tertiary/aromatic N) is 1. The number of halogens is 1. The van der Waals surface area contributed by atoms with E-state index in [1.807, 2.05) is 6.07 Å². The molecular formula is C18H19ClN2O3. The lowest BCUT2D eigenvalue weighted by atomic mass is 9.86. The summed E-state index contributed by atoms with van der Waals surface area (Å²) in [6.45, 7) is -0.350. The average Bonchev–Trinajstić information content (AvgIpc) is 3.16. The topological polar surface area (TPSA) is 79.2 Å². The number of hydrogen-bond acceptors (Lipinski definition) is 4. The van der Waals surface area contributed by atoms with E-state index >= 15 is 0 Å². The molecule has 2 fully saturated rings. The highest BCUT2D eigenvalue weighted by Gasteiger charge is 2.40. The van der Waals surface area contributed by atoms with Gasteiger partial charge in [0, 0.05) is 11.4 Å². The lowest BCUT2D eigenvalue weighted by Gasteiger charge is -2.20. The molecular weight excluding hydrogens is 328 g/mol. The molecule has 2 aliphatic rings. The van der Waals surface area contributed by atoms with Crippen LogP contribution >= 0.6 is 11.6 Å². The number of fused-ring (bicyclic) bond motifs is 2. The van der Waals surface area contributed by atoms with Crippen molar-refractivity contribution in [2.45, 2.75) is 32.1 Å². The fourth-order valence-corrected chi connectivity index (χ4v) is 4.12. The molecule has 0 radical (unpaired) electrons. The first-order valence-electron chi connectivity index (χ1n) is 8.20. The van der Waals surface area contributed by atoms with Crippen molar-refractivity contribution in [2.75, 3.05) is 11.9 Å². The molecule has 0 spiro atoms. The van der Waals surface area contributed by atoms with E-state index in [1.54, 1.807) is 6.07 Å². The molecule has 2 bridgehead atoms. The zero-order chi connectivity index (χ0) is 17.1. The molecule has 6 heteroatoms. The summed E-state index contributed by atoms with van der Waals surface area (Å²) >= 11 is 5.86. The van der Waals surface area contributed by atoms with Crippen LogP contribution in [0.5, 0.6) is 0 Å². The van der Waals surface area contributed by atoms with Gasteiger partial charge in [0.1, 0.15) is 6.07 Å². The van der Waals surface area contributed by atoms with Crippen molar-refractivity contribution in [3.8, 4) is 6.07 Å². The first kappa shape index (κ1) is 16.8. The molecule has 2 aliphatic carbocycles. The van der Waals surface area contributed by atoms with Gasteiger partial charge in [0.2, 0.25) is 0 Å². The van der Waals surface area contributed by atoms with Gasteiger partial charge in [-0.2, -0.15) is 5.26 Å². The molecule has 0 aliphatic heterocycles. The summed E-state index contributed by atoms with van der Waals surface area (Å²) in [5.41, 5.74) is 0.625. The van der Waals surface area contributed by atoms with E-state index in [1.165, 1.54) is 31.4 Å². The van der Waals surface area contributed by atoms with Crippen LogP contribution in [0.2, 0.25) is 5.02 Å². The predicted octanol–water partition coefficient (Wildman–Crippen LogP) is 3.52. The second-order valence-corrected chi connectivity index (χ2v) is 7.09. The minimum Gasteiger partial charge on any atom is -0.456 e. The van der Waals surface area contributed by atoms with Crippen LogP contribution in [-0.2, 0) is 14.3 Å². The second kappa shape index (κ2) is 7.23. The van der Waals surface area contributed by atoms with Crippen LogP contribution in [0.15, 0.2) is 18.2 Å². The molecule has 3 rings (SSSR count). The number of esters is 1. The van der Waals surface area contributed by atoms with Gasteiger partial charge in [-0.1, -0.05) is 18.0 Å². The highest BCUT2D eigenvalue weighted by atomic mass is 35.5. The van der Waals surface area contributed by atoms with Gasteiger partial charge in [-0.15, -0.1) is 0 Å². The largest absolute Gasteiger partial charge is 0.456 e. The normalized spacial score (nSPS) is 24.4. The van der Waals surface area contributed by atoms with E-state index in [4.69, 9.17) is 21.6 Å². The van der Waals surface area contributed by atoms with Crippen molar-refractivity contribution in [1.82, 2.24) is 0 Å². The van der Waals surface area contributed by atoms with Gasteiger partial charge in [-0.25, -0.2) is 0 Å². The number of amides is 1. The number of anilines is 1. The third-order valence-electron chi connectivity index (χ3n) is 5.05. The van der Waals surface area contributed by atoms with Gasteiger partial charge < -0.3 is 10.1 Å². The third kappa shape index (κ3) is 3.88. The molecule has 2 saturated carbocycles. The Hall–Kier alpha value is -2.06. The highest BCUT2D eigenvalue weighted by Crippen LogP contribution is 2.49. The number of nitriles is 1. The second-order valence-electron chi connectivity index (χ2n) is 6.65. The zero-order valence-corrected chi connectivity index (χ0v) is 14.0. The van der Waals surface area contributed by atoms with Crippen LogP contribution in [0.1, 0.15) is 37.7 Å². The molecule has 0 saturated heterocycles. The van der Waals surface area contributed by atoms with Crippen LogP contribution < -0.4 is 5.32 Å². The summed E-state index contributed by atoms with van der Waals surface area (Å²) in [4.78, 5) is 23.9. The minimum absolute atomic E-state index is 0.307. The Kier molecular flexibility index (Phi) is 5.06. The molecule has 0 unspecified atom stereocenters. The van der Waals surface area contributed by atoms with Crippen molar-refractivity contribution in [1.29, 1.82) is 5.26 Å². The number of nitrogens with one attached hydrogen (secondary N) is 1. The first-order valence-corrected chi connectivity index (χ1v) is 8.58. The van der Waals surface area contributed by atoms with Crippen LogP contribution in [0.25, 0.3) is 0 Å². The number of hydrogen-bond donors (Lipinski definition) is 1. The molecule has 1 aromatic rings. The van der Waals surface area contributed by atoms with E-state index < -0.39 is 5.91 Å². The quantitative estimate of drug-likeness (QED) is 0.827. The number of carbonyl (C=O) groups excluding carboxylic acids is 2. The van der Waals surface area contributed by atoms with Gasteiger partial charge >= 0.3 is 5.97 Å². The first-order chi connectivity index (χ1) is 11.5. The molecule has 0 heterocycles. The molecule has 1 N–H and O–H groups in total. The maximum atomic E-state index is 11.9. The van der Waals surface area contributed by atoms with Gasteiger partial charge in [0.15, 0.2) is 6.61 Å². The monoisotopic (exact) mass is 346 g/mol. The highest BCUT2D eigenvalue weighted by molar-refractivity contribution is 6.31. The van der Waals surface area contributed by atoms with E-state index in [0.717, 1.165) is 12.3 Å². The Morgan fingerprint density at radius 3 is 2.83 bits per heavy atom. The maximum Gasteiger partial charge on any atom is 0.306 e. The Morgan fingerprint density at radius 2 is 2.17 bits per heavy atom. The molecule has 24 heavy (non-hydrogen) atoms. The third-order valence-corrected chi connectivity index (χ3v) is 5.29. The van der Waals surface area contributed by atoms with E-state index in [9.17, 15) is 9.59 Å². The van der Waals surface area contributed by atoms with Crippen LogP contribution in [0.3, 0.4) is 0 Å². The maximum absolute atomic E-state index is 11.9. The fourth-order valence-electron chi connectivity index (χ4n) is 3.95. The van der Waals surface area contributed by atoms with E-state index in [2.05, 4.69) is 5.32 Å². The lowest BCUT2D eigenvalue weighted by molar-refractivity contribution is -0.148. The van der Waals surface area contributed by atoms with Gasteiger partial charge in [0.25, 0.3) is 5.91 Å². The van der Waals surface area contributed by atoms with Gasteiger partial charge in [-0.3, -0.25) is 9.59 Å². The predicted molar refractivity (Wildman–Crippen MR) is 89.3 cm³/mol. The smallest absolute Gasteiger partial charge is 0.306 e. The van der Waals surface area contributed by atoms with E-state index in [0.29, 0.717) is 34.5 Å². The Balaban J connectivity index is 1.46. The number of benzene rings is 1. The minimum atomic E-state index is -0.477. The zero-order valence-electron chi connectivity index (χ0n) is 13.3. The van der Waals surface area contributed by atoms with Crippen LogP contribution in [0.4, 0.5) is 5.69 Å². The van der Waals surface area contributed by atoms with Gasteiger partial charge in [0.05, 0.1) is 11.3 Å². The summed E-state index contributed by atoms with van der Waals surface area (Å²) in [6.07, 6.45) is 5.26. The fraction of sp³-hybridized carbons (Fsp3) is 0.500. The molecule has 5 nitrogen and oxygen atoms in total. The summed E-state index contributed by atoms with van der Waals surface area (Å²) in [5, 5.41) is 12.0. The summed E-state index contributed by atoms with van der Waals surface area (Å²) < 4.78 is 5.08. The summed E-state index contributed by atoms with van der Waals surface area (Å²) in [7, 11) is 0. The van der Waals surface area contributed by atoms with Crippen molar-refractivity contribution >= 4 is 29.2 Å². The summed E-state index contributed by atoms with van der Waals surface area (Å²) in [5.74, 6) is 1.05. The number of ether oxygens (including phenoxy) is 1. The van der Waals surface area contributed by atoms with Crippen molar-refractivity contribution in [3.05, 3.63) is 28.8 Å². The molecule has 3 atom stereocenters. The van der Waals surface area contributed by atoms with Crippen molar-refractivity contribution in [2.24, 2.45) is 17.8 Å². The van der Waals surface area contributed by atoms with Crippen LogP contribution in [0, 0.1) is 29.1 Å². The lowest BCUT2D eigenvalue weighted by Crippen LogP contribution is -2.23. The van der Waals surface area contributed by atoms with Crippen LogP contribution in [-0.4, -0.2) is 18.5 Å². The number of rotatable bonds is 5. The SMILES string of the molecule is N#Cc1ccc(Cl)cc1NC(=O)COC(=O)C[C@H]1C[C@H]2CC[C@H]1C2. The Bertz CT molecular complexity index is 698. The van der Waals surface area contributed by atoms with E-state index in [-0.39, 0.29) is 12.6 Å². The molecule has 126 valence electrons. The number of carbonyl (C=O) groups is 2. The average molecular weight is 347 g/mol. The Morgan fingerprint density at radius 1 is 1.33 bits per heavy atom. The van der Waals surface area contributed by atoms with Gasteiger partial charge in [-0.05, 0) is 55.2 Å². The molecule has 0 aromatic heterocycles. The Labute approximate surface area is 145 Å². The molecule has 1 amide bonds.